The summed E-state index contributed by atoms with van der Waals surface area (Å²) in [5.41, 5.74) is 3.91. The Labute approximate surface area is 152 Å². The molecule has 1 N–H and O–H groups in total. The van der Waals surface area contributed by atoms with Crippen LogP contribution in [0.15, 0.2) is 48.8 Å². The van der Waals surface area contributed by atoms with Crippen molar-refractivity contribution in [1.29, 1.82) is 0 Å². The first-order valence-electron chi connectivity index (χ1n) is 9.07. The number of amides is 1. The minimum absolute atomic E-state index is 0.148. The molecule has 26 heavy (non-hydrogen) atoms. The lowest BCUT2D eigenvalue weighted by Crippen LogP contribution is -2.34. The van der Waals surface area contributed by atoms with Crippen LogP contribution in [0.1, 0.15) is 34.0 Å². The van der Waals surface area contributed by atoms with Gasteiger partial charge >= 0.3 is 0 Å². The fourth-order valence-electron chi connectivity index (χ4n) is 3.69. The molecule has 0 aliphatic carbocycles. The molecule has 0 unspecified atom stereocenters. The molecule has 3 aromatic rings. The summed E-state index contributed by atoms with van der Waals surface area (Å²) < 4.78 is 1.61. The van der Waals surface area contributed by atoms with Gasteiger partial charge in [-0.25, -0.2) is 9.50 Å². The van der Waals surface area contributed by atoms with Crippen molar-refractivity contribution in [3.8, 4) is 0 Å². The van der Waals surface area contributed by atoms with Crippen LogP contribution in [0, 0.1) is 6.92 Å². The van der Waals surface area contributed by atoms with Gasteiger partial charge in [0.25, 0.3) is 5.91 Å². The first-order chi connectivity index (χ1) is 12.7. The highest BCUT2D eigenvalue weighted by molar-refractivity contribution is 5.93. The second kappa shape index (κ2) is 7.25. The van der Waals surface area contributed by atoms with Gasteiger partial charge in [-0.05, 0) is 43.0 Å². The number of benzene rings is 1. The predicted molar refractivity (Wildman–Crippen MR) is 100 cm³/mol. The van der Waals surface area contributed by atoms with E-state index in [1.165, 1.54) is 17.5 Å². The number of fused-ring (bicyclic) bond motifs is 1. The molecule has 1 aliphatic rings. The quantitative estimate of drug-likeness (QED) is 0.767. The maximum absolute atomic E-state index is 12.3. The summed E-state index contributed by atoms with van der Waals surface area (Å²) in [6, 6.07) is 12.1. The summed E-state index contributed by atoms with van der Waals surface area (Å²) in [7, 11) is 0. The lowest BCUT2D eigenvalue weighted by molar-refractivity contribution is 0.0944. The average Bonchev–Trinajstić information content (AvgIpc) is 3.29. The molecule has 0 spiro atoms. The number of carbonyl (C=O) groups excluding carboxylic acids is 1. The molecule has 1 fully saturated rings. The highest BCUT2D eigenvalue weighted by Gasteiger charge is 2.24. The average molecular weight is 349 g/mol. The molecular weight excluding hydrogens is 326 g/mol. The molecule has 1 amide bonds. The topological polar surface area (TPSA) is 62.5 Å². The molecule has 2 aromatic heterocycles. The Hall–Kier alpha value is -2.73. The Morgan fingerprint density at radius 3 is 3.04 bits per heavy atom. The summed E-state index contributed by atoms with van der Waals surface area (Å²) in [4.78, 5) is 18.9. The van der Waals surface area contributed by atoms with Gasteiger partial charge in [-0.3, -0.25) is 4.79 Å². The molecule has 0 bridgehead atoms. The summed E-state index contributed by atoms with van der Waals surface area (Å²) in [5, 5.41) is 7.22. The Kier molecular flexibility index (Phi) is 4.67. The minimum atomic E-state index is -0.148. The van der Waals surface area contributed by atoms with E-state index in [9.17, 15) is 4.79 Å². The Morgan fingerprint density at radius 2 is 2.19 bits per heavy atom. The van der Waals surface area contributed by atoms with E-state index in [0.29, 0.717) is 23.8 Å². The van der Waals surface area contributed by atoms with Crippen LogP contribution >= 0.6 is 0 Å². The summed E-state index contributed by atoms with van der Waals surface area (Å²) in [5.74, 6) is 0.446. The first kappa shape index (κ1) is 16.7. The molecule has 0 radical (unpaired) electrons. The van der Waals surface area contributed by atoms with Crippen molar-refractivity contribution >= 4 is 11.6 Å². The number of likely N-dealkylation sites (tertiary alicyclic amines) is 1. The van der Waals surface area contributed by atoms with Crippen molar-refractivity contribution in [1.82, 2.24) is 24.8 Å². The third-order valence-electron chi connectivity index (χ3n) is 5.08. The standard InChI is InChI=1S/C20H23N5O/c1-15-5-2-3-6-17(15)16-7-11-24(14-16)12-9-22-20(26)18-13-19-21-8-4-10-25(19)23-18/h2-6,8,10,13,16H,7,9,11-12,14H2,1H3,(H,22,26)/t16-/m1/s1. The van der Waals surface area contributed by atoms with E-state index < -0.39 is 0 Å². The van der Waals surface area contributed by atoms with E-state index in [2.05, 4.69) is 51.5 Å². The van der Waals surface area contributed by atoms with Gasteiger partial charge in [-0.2, -0.15) is 5.10 Å². The molecule has 6 heteroatoms. The van der Waals surface area contributed by atoms with Crippen LogP contribution in [0.3, 0.4) is 0 Å². The zero-order valence-electron chi connectivity index (χ0n) is 14.9. The van der Waals surface area contributed by atoms with Crippen LogP contribution in [0.2, 0.25) is 0 Å². The van der Waals surface area contributed by atoms with Crippen LogP contribution in [-0.2, 0) is 0 Å². The van der Waals surface area contributed by atoms with Crippen molar-refractivity contribution in [3.63, 3.8) is 0 Å². The summed E-state index contributed by atoms with van der Waals surface area (Å²) >= 11 is 0. The second-order valence-electron chi connectivity index (χ2n) is 6.85. The molecule has 1 aliphatic heterocycles. The largest absolute Gasteiger partial charge is 0.349 e. The molecular formula is C20H23N5O. The molecule has 1 atom stereocenters. The molecule has 4 rings (SSSR count). The van der Waals surface area contributed by atoms with Crippen molar-refractivity contribution in [2.75, 3.05) is 26.2 Å². The van der Waals surface area contributed by atoms with Gasteiger partial charge in [0.1, 0.15) is 0 Å². The van der Waals surface area contributed by atoms with Crippen LogP contribution in [0.5, 0.6) is 0 Å². The van der Waals surface area contributed by atoms with Gasteiger partial charge < -0.3 is 10.2 Å². The van der Waals surface area contributed by atoms with Crippen LogP contribution in [0.25, 0.3) is 5.65 Å². The van der Waals surface area contributed by atoms with Gasteiger partial charge in [-0.15, -0.1) is 0 Å². The van der Waals surface area contributed by atoms with E-state index in [0.717, 1.165) is 19.6 Å². The molecule has 6 nitrogen and oxygen atoms in total. The number of carbonyl (C=O) groups is 1. The van der Waals surface area contributed by atoms with Gasteiger partial charge in [0, 0.05) is 38.1 Å². The van der Waals surface area contributed by atoms with Crippen molar-refractivity contribution in [2.45, 2.75) is 19.3 Å². The second-order valence-corrected chi connectivity index (χ2v) is 6.85. The lowest BCUT2D eigenvalue weighted by atomic mass is 9.94. The molecule has 134 valence electrons. The summed E-state index contributed by atoms with van der Waals surface area (Å²) in [6.45, 7) is 5.80. The molecule has 1 saturated heterocycles. The zero-order chi connectivity index (χ0) is 17.9. The molecule has 3 heterocycles. The third kappa shape index (κ3) is 3.46. The number of aryl methyl sites for hydroxylation is 1. The molecule has 0 saturated carbocycles. The van der Waals surface area contributed by atoms with E-state index in [1.807, 2.05) is 0 Å². The highest BCUT2D eigenvalue weighted by atomic mass is 16.1. The van der Waals surface area contributed by atoms with Crippen molar-refractivity contribution in [3.05, 3.63) is 65.6 Å². The predicted octanol–water partition coefficient (Wildman–Crippen LogP) is 2.26. The Balaban J connectivity index is 1.28. The SMILES string of the molecule is Cc1ccccc1[C@@H]1CCN(CCNC(=O)c2cc3ncccn3n2)C1. The van der Waals surface area contributed by atoms with E-state index in [4.69, 9.17) is 0 Å². The summed E-state index contributed by atoms with van der Waals surface area (Å²) in [6.07, 6.45) is 4.66. The Bertz CT molecular complexity index is 886. The normalized spacial score (nSPS) is 17.7. The number of hydrogen-bond donors (Lipinski definition) is 1. The number of hydrogen-bond acceptors (Lipinski definition) is 4. The smallest absolute Gasteiger partial charge is 0.271 e. The van der Waals surface area contributed by atoms with Gasteiger partial charge in [0.2, 0.25) is 0 Å². The van der Waals surface area contributed by atoms with Crippen molar-refractivity contribution in [2.24, 2.45) is 0 Å². The fraction of sp³-hybridized carbons (Fsp3) is 0.350. The van der Waals surface area contributed by atoms with Gasteiger partial charge in [0.15, 0.2) is 11.3 Å². The first-order valence-corrected chi connectivity index (χ1v) is 9.07. The number of rotatable bonds is 5. The maximum atomic E-state index is 12.3. The number of nitrogens with one attached hydrogen (secondary N) is 1. The number of nitrogens with zero attached hydrogens (tertiary/aromatic N) is 4. The lowest BCUT2D eigenvalue weighted by Gasteiger charge is -2.17. The van der Waals surface area contributed by atoms with E-state index >= 15 is 0 Å². The minimum Gasteiger partial charge on any atom is -0.349 e. The van der Waals surface area contributed by atoms with Crippen molar-refractivity contribution < 1.29 is 4.79 Å². The van der Waals surface area contributed by atoms with Gasteiger partial charge in [-0.1, -0.05) is 24.3 Å². The van der Waals surface area contributed by atoms with Crippen LogP contribution in [-0.4, -0.2) is 51.6 Å². The monoisotopic (exact) mass is 349 g/mol. The Morgan fingerprint density at radius 1 is 1.31 bits per heavy atom. The van der Waals surface area contributed by atoms with E-state index in [1.54, 1.807) is 29.0 Å². The van der Waals surface area contributed by atoms with Gasteiger partial charge in [0.05, 0.1) is 0 Å². The fourth-order valence-corrected chi connectivity index (χ4v) is 3.69. The van der Waals surface area contributed by atoms with Crippen LogP contribution < -0.4 is 5.32 Å². The maximum Gasteiger partial charge on any atom is 0.271 e. The third-order valence-corrected chi connectivity index (χ3v) is 5.08. The zero-order valence-corrected chi connectivity index (χ0v) is 14.9. The molecule has 1 aromatic carbocycles. The highest BCUT2D eigenvalue weighted by Crippen LogP contribution is 2.28. The van der Waals surface area contributed by atoms with E-state index in [-0.39, 0.29) is 5.91 Å². The number of aromatic nitrogens is 3. The van der Waals surface area contributed by atoms with Crippen LogP contribution in [0.4, 0.5) is 0 Å².